The zero-order valence-corrected chi connectivity index (χ0v) is 18.4. The minimum Gasteiger partial charge on any atom is -0.444 e. The van der Waals surface area contributed by atoms with Crippen molar-refractivity contribution < 1.29 is 19.1 Å². The Kier molecular flexibility index (Phi) is 5.79. The van der Waals surface area contributed by atoms with Crippen molar-refractivity contribution in [3.63, 3.8) is 0 Å². The lowest BCUT2D eigenvalue weighted by molar-refractivity contribution is 0.0224. The van der Waals surface area contributed by atoms with E-state index in [9.17, 15) is 9.59 Å². The molecule has 2 amide bonds. The van der Waals surface area contributed by atoms with E-state index in [2.05, 4.69) is 4.98 Å². The fourth-order valence-electron chi connectivity index (χ4n) is 3.55. The molecule has 0 radical (unpaired) electrons. The Morgan fingerprint density at radius 2 is 1.72 bits per heavy atom. The van der Waals surface area contributed by atoms with E-state index >= 15 is 0 Å². The van der Waals surface area contributed by atoms with Crippen LogP contribution >= 0.6 is 0 Å². The number of nitrogens with zero attached hydrogens (tertiary/aromatic N) is 3. The number of pyridine rings is 1. The molecule has 2 fully saturated rings. The lowest BCUT2D eigenvalue weighted by Gasteiger charge is -2.32. The highest BCUT2D eigenvalue weighted by Crippen LogP contribution is 2.40. The second kappa shape index (κ2) is 7.84. The number of anilines is 1. The van der Waals surface area contributed by atoms with Gasteiger partial charge in [-0.25, -0.2) is 14.6 Å². The molecule has 0 bridgehead atoms. The maximum absolute atomic E-state index is 13.0. The molecule has 0 unspecified atom stereocenters. The number of ether oxygens (including phenoxy) is 2. The topological polar surface area (TPSA) is 72.0 Å². The number of aromatic nitrogens is 1. The van der Waals surface area contributed by atoms with E-state index in [1.165, 1.54) is 0 Å². The molecular formula is C22H33N3O4. The molecule has 1 aliphatic carbocycles. The standard InChI is InChI=1S/C22H33N3O4/c1-21(2,3)28-19(26)24-14-8-10-17(24)16-9-7-13-23-18(16)25(15-11-12-15)20(27)29-22(4,5)6/h7,9,13,15,17H,8,10-12,14H2,1-6H3/t17-/m1/s1. The Bertz CT molecular complexity index is 762. The lowest BCUT2D eigenvalue weighted by Crippen LogP contribution is -2.41. The van der Waals surface area contributed by atoms with Crippen LogP contribution in [-0.4, -0.2) is 45.9 Å². The van der Waals surface area contributed by atoms with E-state index in [1.807, 2.05) is 53.7 Å². The van der Waals surface area contributed by atoms with Gasteiger partial charge in [0.2, 0.25) is 0 Å². The van der Waals surface area contributed by atoms with E-state index in [-0.39, 0.29) is 24.3 Å². The maximum Gasteiger partial charge on any atom is 0.416 e. The van der Waals surface area contributed by atoms with Crippen LogP contribution in [0.25, 0.3) is 0 Å². The summed E-state index contributed by atoms with van der Waals surface area (Å²) in [7, 11) is 0. The van der Waals surface area contributed by atoms with E-state index in [0.717, 1.165) is 31.2 Å². The third-order valence-corrected chi connectivity index (χ3v) is 4.79. The summed E-state index contributed by atoms with van der Waals surface area (Å²) >= 11 is 0. The minimum atomic E-state index is -0.588. The zero-order chi connectivity index (χ0) is 21.4. The van der Waals surface area contributed by atoms with Crippen molar-refractivity contribution in [2.45, 2.75) is 90.5 Å². The van der Waals surface area contributed by atoms with Crippen molar-refractivity contribution in [1.29, 1.82) is 0 Å². The van der Waals surface area contributed by atoms with Crippen LogP contribution in [0.15, 0.2) is 18.3 Å². The number of hydrogen-bond acceptors (Lipinski definition) is 5. The number of hydrogen-bond donors (Lipinski definition) is 0. The van der Waals surface area contributed by atoms with Crippen LogP contribution in [0.2, 0.25) is 0 Å². The molecule has 7 heteroatoms. The smallest absolute Gasteiger partial charge is 0.416 e. The zero-order valence-electron chi connectivity index (χ0n) is 18.4. The maximum atomic E-state index is 13.0. The highest BCUT2D eigenvalue weighted by Gasteiger charge is 2.41. The van der Waals surface area contributed by atoms with Crippen molar-refractivity contribution in [1.82, 2.24) is 9.88 Å². The molecule has 1 aromatic rings. The van der Waals surface area contributed by atoms with Crippen LogP contribution in [0.4, 0.5) is 15.4 Å². The third-order valence-electron chi connectivity index (χ3n) is 4.79. The monoisotopic (exact) mass is 403 g/mol. The Balaban J connectivity index is 1.91. The van der Waals surface area contributed by atoms with Gasteiger partial charge >= 0.3 is 12.2 Å². The Morgan fingerprint density at radius 3 is 2.31 bits per heavy atom. The highest BCUT2D eigenvalue weighted by molar-refractivity contribution is 5.89. The average Bonchev–Trinajstić information content (AvgIpc) is 3.27. The molecule has 2 heterocycles. The molecule has 7 nitrogen and oxygen atoms in total. The summed E-state index contributed by atoms with van der Waals surface area (Å²) in [6, 6.07) is 3.73. The SMILES string of the molecule is CC(C)(C)OC(=O)N(c1ncccc1[C@H]1CCCN1C(=O)OC(C)(C)C)C1CC1. The predicted molar refractivity (Wildman–Crippen MR) is 111 cm³/mol. The van der Waals surface area contributed by atoms with Gasteiger partial charge < -0.3 is 14.4 Å². The molecule has 0 spiro atoms. The Morgan fingerprint density at radius 1 is 1.07 bits per heavy atom. The molecule has 3 rings (SSSR count). The molecule has 1 saturated carbocycles. The van der Waals surface area contributed by atoms with E-state index < -0.39 is 11.2 Å². The van der Waals surface area contributed by atoms with Crippen molar-refractivity contribution in [2.75, 3.05) is 11.4 Å². The normalized spacial score (nSPS) is 19.8. The van der Waals surface area contributed by atoms with Crippen LogP contribution < -0.4 is 4.90 Å². The lowest BCUT2D eigenvalue weighted by atomic mass is 10.0. The van der Waals surface area contributed by atoms with Gasteiger partial charge in [-0.2, -0.15) is 0 Å². The van der Waals surface area contributed by atoms with Crippen molar-refractivity contribution in [3.05, 3.63) is 23.9 Å². The van der Waals surface area contributed by atoms with E-state index in [0.29, 0.717) is 12.4 Å². The number of carbonyl (C=O) groups excluding carboxylic acids is 2. The van der Waals surface area contributed by atoms with Gasteiger partial charge in [0.25, 0.3) is 0 Å². The van der Waals surface area contributed by atoms with Crippen LogP contribution in [-0.2, 0) is 9.47 Å². The fraction of sp³-hybridized carbons (Fsp3) is 0.682. The molecule has 29 heavy (non-hydrogen) atoms. The molecule has 0 N–H and O–H groups in total. The summed E-state index contributed by atoms with van der Waals surface area (Å²) in [4.78, 5) is 33.7. The summed E-state index contributed by atoms with van der Waals surface area (Å²) in [6.45, 7) is 11.8. The first-order valence-electron chi connectivity index (χ1n) is 10.4. The first kappa shape index (κ1) is 21.4. The number of rotatable bonds is 3. The Hall–Kier alpha value is -2.31. The molecule has 1 aliphatic heterocycles. The Labute approximate surface area is 173 Å². The largest absolute Gasteiger partial charge is 0.444 e. The third kappa shape index (κ3) is 5.40. The van der Waals surface area contributed by atoms with E-state index in [4.69, 9.17) is 9.47 Å². The molecule has 1 aromatic heterocycles. The molecule has 2 aliphatic rings. The van der Waals surface area contributed by atoms with Gasteiger partial charge in [0.15, 0.2) is 0 Å². The van der Waals surface area contributed by atoms with Crippen LogP contribution in [0.1, 0.15) is 78.8 Å². The minimum absolute atomic E-state index is 0.0925. The van der Waals surface area contributed by atoms with Crippen molar-refractivity contribution in [3.8, 4) is 0 Å². The predicted octanol–water partition coefficient (Wildman–Crippen LogP) is 5.06. The molecule has 1 saturated heterocycles. The second-order valence-corrected chi connectivity index (χ2v) is 9.83. The van der Waals surface area contributed by atoms with Crippen molar-refractivity contribution >= 4 is 18.0 Å². The summed E-state index contributed by atoms with van der Waals surface area (Å²) < 4.78 is 11.3. The molecule has 160 valence electrons. The summed E-state index contributed by atoms with van der Waals surface area (Å²) in [6.07, 6.45) is 4.52. The van der Waals surface area contributed by atoms with E-state index in [1.54, 1.807) is 16.0 Å². The average molecular weight is 404 g/mol. The van der Waals surface area contributed by atoms with Gasteiger partial charge in [0.05, 0.1) is 6.04 Å². The molecule has 1 atom stereocenters. The van der Waals surface area contributed by atoms with Gasteiger partial charge in [-0.15, -0.1) is 0 Å². The van der Waals surface area contributed by atoms with Gasteiger partial charge in [-0.05, 0) is 73.3 Å². The van der Waals surface area contributed by atoms with Gasteiger partial charge in [-0.3, -0.25) is 4.90 Å². The van der Waals surface area contributed by atoms with Crippen LogP contribution in [0.3, 0.4) is 0 Å². The molecular weight excluding hydrogens is 370 g/mol. The summed E-state index contributed by atoms with van der Waals surface area (Å²) in [5, 5.41) is 0. The quantitative estimate of drug-likeness (QED) is 0.705. The number of likely N-dealkylation sites (tertiary alicyclic amines) is 1. The van der Waals surface area contributed by atoms with Gasteiger partial charge in [-0.1, -0.05) is 6.07 Å². The van der Waals surface area contributed by atoms with Gasteiger partial charge in [0, 0.05) is 24.3 Å². The summed E-state index contributed by atoms with van der Waals surface area (Å²) in [5.41, 5.74) is -0.276. The first-order chi connectivity index (χ1) is 13.5. The highest BCUT2D eigenvalue weighted by atomic mass is 16.6. The van der Waals surface area contributed by atoms with Crippen LogP contribution in [0, 0.1) is 0 Å². The second-order valence-electron chi connectivity index (χ2n) is 9.83. The van der Waals surface area contributed by atoms with Gasteiger partial charge in [0.1, 0.15) is 17.0 Å². The number of carbonyl (C=O) groups is 2. The first-order valence-corrected chi connectivity index (χ1v) is 10.4. The molecule has 0 aromatic carbocycles. The number of amides is 2. The fourth-order valence-corrected chi connectivity index (χ4v) is 3.55. The van der Waals surface area contributed by atoms with Crippen LogP contribution in [0.5, 0.6) is 0 Å². The van der Waals surface area contributed by atoms with Crippen molar-refractivity contribution in [2.24, 2.45) is 0 Å². The summed E-state index contributed by atoms with van der Waals surface area (Å²) in [5.74, 6) is 0.588.